The first kappa shape index (κ1) is 22.5. The fourth-order valence-electron chi connectivity index (χ4n) is 3.59. The lowest BCUT2D eigenvalue weighted by Gasteiger charge is -2.29. The van der Waals surface area contributed by atoms with E-state index in [1.807, 2.05) is 31.3 Å². The van der Waals surface area contributed by atoms with E-state index in [-0.39, 0.29) is 5.97 Å². The van der Waals surface area contributed by atoms with Crippen molar-refractivity contribution in [2.24, 2.45) is 10.2 Å². The predicted molar refractivity (Wildman–Crippen MR) is 131 cm³/mol. The molecule has 0 radical (unpaired) electrons. The van der Waals surface area contributed by atoms with E-state index in [9.17, 15) is 4.79 Å². The number of carbonyl (C=O) groups is 1. The number of anilines is 3. The summed E-state index contributed by atoms with van der Waals surface area (Å²) in [6.07, 6.45) is 0. The maximum absolute atomic E-state index is 11.7. The van der Waals surface area contributed by atoms with E-state index in [1.54, 1.807) is 31.2 Å². The molecule has 7 heteroatoms. The Morgan fingerprint density at radius 1 is 0.879 bits per heavy atom. The van der Waals surface area contributed by atoms with Crippen molar-refractivity contribution in [3.05, 3.63) is 78.4 Å². The van der Waals surface area contributed by atoms with Crippen LogP contribution < -0.4 is 9.80 Å². The van der Waals surface area contributed by atoms with Gasteiger partial charge in [-0.25, -0.2) is 4.79 Å². The molecule has 0 bridgehead atoms. The maximum Gasteiger partial charge on any atom is 0.338 e. The lowest BCUT2D eigenvalue weighted by Crippen LogP contribution is -2.36. The van der Waals surface area contributed by atoms with E-state index in [0.29, 0.717) is 17.9 Å². The first-order chi connectivity index (χ1) is 16.1. The van der Waals surface area contributed by atoms with Crippen LogP contribution in [0.5, 0.6) is 0 Å². The fourth-order valence-corrected chi connectivity index (χ4v) is 3.59. The smallest absolute Gasteiger partial charge is 0.338 e. The molecule has 170 valence electrons. The van der Waals surface area contributed by atoms with E-state index in [1.165, 1.54) is 5.69 Å². The van der Waals surface area contributed by atoms with Crippen molar-refractivity contribution in [2.75, 3.05) is 49.8 Å². The molecule has 0 atom stereocenters. The number of nitrogens with zero attached hydrogens (tertiary/aromatic N) is 4. The molecule has 1 saturated heterocycles. The summed E-state index contributed by atoms with van der Waals surface area (Å²) in [6, 6.07) is 23.4. The molecule has 0 aliphatic carbocycles. The number of rotatable bonds is 7. The molecule has 1 fully saturated rings. The van der Waals surface area contributed by atoms with E-state index < -0.39 is 0 Å². The second-order valence-electron chi connectivity index (χ2n) is 7.66. The Hall–Kier alpha value is -3.71. The summed E-state index contributed by atoms with van der Waals surface area (Å²) in [4.78, 5) is 16.2. The van der Waals surface area contributed by atoms with Gasteiger partial charge in [0, 0.05) is 37.2 Å². The summed E-state index contributed by atoms with van der Waals surface area (Å²) in [5.41, 5.74) is 5.33. The summed E-state index contributed by atoms with van der Waals surface area (Å²) in [6.45, 7) is 5.56. The van der Waals surface area contributed by atoms with Crippen LogP contribution in [0.1, 0.15) is 17.3 Å². The Labute approximate surface area is 194 Å². The second kappa shape index (κ2) is 10.7. The van der Waals surface area contributed by atoms with Gasteiger partial charge in [-0.05, 0) is 79.7 Å². The van der Waals surface area contributed by atoms with Gasteiger partial charge in [-0.1, -0.05) is 0 Å². The second-order valence-corrected chi connectivity index (χ2v) is 7.66. The Morgan fingerprint density at radius 3 is 1.94 bits per heavy atom. The minimum absolute atomic E-state index is 0.337. The summed E-state index contributed by atoms with van der Waals surface area (Å²) in [5.74, 6) is -0.337. The van der Waals surface area contributed by atoms with Crippen molar-refractivity contribution in [1.29, 1.82) is 0 Å². The molecule has 0 aromatic heterocycles. The zero-order valence-corrected chi connectivity index (χ0v) is 19.0. The molecule has 0 amide bonds. The number of benzene rings is 3. The quantitative estimate of drug-likeness (QED) is 0.336. The summed E-state index contributed by atoms with van der Waals surface area (Å²) in [7, 11) is 2.05. The summed E-state index contributed by atoms with van der Waals surface area (Å²) in [5, 5.41) is 8.55. The number of hydrogen-bond acceptors (Lipinski definition) is 7. The Kier molecular flexibility index (Phi) is 7.32. The van der Waals surface area contributed by atoms with Gasteiger partial charge in [0.05, 0.1) is 36.8 Å². The summed E-state index contributed by atoms with van der Waals surface area (Å²) < 4.78 is 10.4. The Morgan fingerprint density at radius 2 is 1.39 bits per heavy atom. The molecule has 1 aliphatic rings. The zero-order valence-electron chi connectivity index (χ0n) is 19.0. The standard InChI is InChI=1S/C26H28N4O3/c1-3-33-26(31)20-4-6-21(7-5-20)27-28-22-8-10-23(11-9-22)29(2)24-12-14-25(15-13-24)30-16-18-32-19-17-30/h4-15H,3,16-19H2,1-2H3/b28-27+. The van der Waals surface area contributed by atoms with Gasteiger partial charge in [0.1, 0.15) is 0 Å². The monoisotopic (exact) mass is 444 g/mol. The first-order valence-electron chi connectivity index (χ1n) is 11.1. The van der Waals surface area contributed by atoms with E-state index in [2.05, 4.69) is 44.3 Å². The molecule has 33 heavy (non-hydrogen) atoms. The largest absolute Gasteiger partial charge is 0.462 e. The Balaban J connectivity index is 1.37. The molecule has 1 heterocycles. The van der Waals surface area contributed by atoms with Gasteiger partial charge >= 0.3 is 5.97 Å². The third-order valence-electron chi connectivity index (χ3n) is 5.51. The highest BCUT2D eigenvalue weighted by Crippen LogP contribution is 2.28. The van der Waals surface area contributed by atoms with Crippen molar-refractivity contribution in [3.63, 3.8) is 0 Å². The highest BCUT2D eigenvalue weighted by molar-refractivity contribution is 5.89. The molecular formula is C26H28N4O3. The van der Waals surface area contributed by atoms with Crippen LogP contribution in [-0.2, 0) is 9.47 Å². The van der Waals surface area contributed by atoms with Gasteiger partial charge in [0.15, 0.2) is 0 Å². The number of hydrogen-bond donors (Lipinski definition) is 0. The molecule has 0 spiro atoms. The van der Waals surface area contributed by atoms with Crippen molar-refractivity contribution in [3.8, 4) is 0 Å². The average molecular weight is 445 g/mol. The molecular weight excluding hydrogens is 416 g/mol. The average Bonchev–Trinajstić information content (AvgIpc) is 2.88. The van der Waals surface area contributed by atoms with Crippen LogP contribution in [-0.4, -0.2) is 45.9 Å². The van der Waals surface area contributed by atoms with Crippen LogP contribution in [0.2, 0.25) is 0 Å². The lowest BCUT2D eigenvalue weighted by molar-refractivity contribution is 0.0526. The van der Waals surface area contributed by atoms with Crippen molar-refractivity contribution in [1.82, 2.24) is 0 Å². The number of ether oxygens (including phenoxy) is 2. The van der Waals surface area contributed by atoms with E-state index in [0.717, 1.165) is 43.4 Å². The lowest BCUT2D eigenvalue weighted by atomic mass is 10.2. The fraction of sp³-hybridized carbons (Fsp3) is 0.269. The SMILES string of the molecule is CCOC(=O)c1ccc(/N=N/c2ccc(N(C)c3ccc(N4CCOCC4)cc3)cc2)cc1. The number of morpholine rings is 1. The molecule has 0 unspecified atom stereocenters. The summed E-state index contributed by atoms with van der Waals surface area (Å²) >= 11 is 0. The highest BCUT2D eigenvalue weighted by atomic mass is 16.5. The van der Waals surface area contributed by atoms with Gasteiger partial charge < -0.3 is 19.3 Å². The van der Waals surface area contributed by atoms with Crippen LogP contribution in [0.25, 0.3) is 0 Å². The molecule has 0 N–H and O–H groups in total. The molecule has 4 rings (SSSR count). The molecule has 0 saturated carbocycles. The Bertz CT molecular complexity index is 1070. The molecule has 3 aromatic rings. The number of azo groups is 1. The normalized spacial score (nSPS) is 13.8. The minimum Gasteiger partial charge on any atom is -0.462 e. The van der Waals surface area contributed by atoms with Crippen LogP contribution in [0.3, 0.4) is 0 Å². The zero-order chi connectivity index (χ0) is 23.0. The van der Waals surface area contributed by atoms with Gasteiger partial charge in [0.25, 0.3) is 0 Å². The van der Waals surface area contributed by atoms with Crippen LogP contribution in [0.4, 0.5) is 28.4 Å². The first-order valence-corrected chi connectivity index (χ1v) is 11.1. The molecule has 3 aromatic carbocycles. The third-order valence-corrected chi connectivity index (χ3v) is 5.51. The van der Waals surface area contributed by atoms with Gasteiger partial charge in [-0.15, -0.1) is 0 Å². The van der Waals surface area contributed by atoms with E-state index >= 15 is 0 Å². The van der Waals surface area contributed by atoms with Gasteiger partial charge in [0.2, 0.25) is 0 Å². The number of esters is 1. The van der Waals surface area contributed by atoms with Crippen LogP contribution in [0.15, 0.2) is 83.0 Å². The van der Waals surface area contributed by atoms with Crippen molar-refractivity contribution < 1.29 is 14.3 Å². The van der Waals surface area contributed by atoms with E-state index in [4.69, 9.17) is 9.47 Å². The minimum atomic E-state index is -0.337. The highest BCUT2D eigenvalue weighted by Gasteiger charge is 2.12. The van der Waals surface area contributed by atoms with Crippen molar-refractivity contribution >= 4 is 34.4 Å². The number of carbonyl (C=O) groups excluding carboxylic acids is 1. The molecule has 1 aliphatic heterocycles. The van der Waals surface area contributed by atoms with Crippen LogP contribution in [0, 0.1) is 0 Å². The van der Waals surface area contributed by atoms with Crippen LogP contribution >= 0.6 is 0 Å². The predicted octanol–water partition coefficient (Wildman–Crippen LogP) is 5.88. The molecule has 7 nitrogen and oxygen atoms in total. The van der Waals surface area contributed by atoms with Gasteiger partial charge in [-0.3, -0.25) is 0 Å². The topological polar surface area (TPSA) is 66.7 Å². The van der Waals surface area contributed by atoms with Crippen molar-refractivity contribution in [2.45, 2.75) is 6.92 Å². The third kappa shape index (κ3) is 5.75. The maximum atomic E-state index is 11.7. The van der Waals surface area contributed by atoms with Gasteiger partial charge in [-0.2, -0.15) is 10.2 Å².